The monoisotopic (exact) mass is 310 g/mol. The second kappa shape index (κ2) is 5.35. The van der Waals surface area contributed by atoms with Crippen LogP contribution in [0.5, 0.6) is 0 Å². The molecule has 0 aliphatic heterocycles. The molecule has 22 heavy (non-hydrogen) atoms. The van der Waals surface area contributed by atoms with E-state index in [2.05, 4.69) is 4.98 Å². The Labute approximate surface area is 132 Å². The summed E-state index contributed by atoms with van der Waals surface area (Å²) in [6, 6.07) is 12.3. The van der Waals surface area contributed by atoms with Crippen molar-refractivity contribution in [3.05, 3.63) is 74.3 Å². The maximum absolute atomic E-state index is 12.7. The maximum atomic E-state index is 12.7. The lowest BCUT2D eigenvalue weighted by Crippen LogP contribution is -2.29. The number of H-pyrrole nitrogens is 1. The summed E-state index contributed by atoms with van der Waals surface area (Å²) < 4.78 is 1.12. The quantitative estimate of drug-likeness (QED) is 0.701. The van der Waals surface area contributed by atoms with Crippen LogP contribution in [0.3, 0.4) is 0 Å². The molecule has 2 aromatic carbocycles. The molecule has 110 valence electrons. The SMILES string of the molecule is Cc1ccc(C(=O)n2c(=S)[nH]c3ccccc3c2=O)cc1C. The summed E-state index contributed by atoms with van der Waals surface area (Å²) in [4.78, 5) is 28.2. The number of rotatable bonds is 1. The molecule has 1 aromatic heterocycles. The fourth-order valence-electron chi connectivity index (χ4n) is 2.35. The third kappa shape index (κ3) is 2.29. The molecule has 1 heterocycles. The molecule has 3 rings (SSSR count). The van der Waals surface area contributed by atoms with Gasteiger partial charge >= 0.3 is 0 Å². The van der Waals surface area contributed by atoms with E-state index in [-0.39, 0.29) is 4.77 Å². The summed E-state index contributed by atoms with van der Waals surface area (Å²) >= 11 is 5.19. The number of para-hydroxylation sites is 1. The zero-order valence-electron chi connectivity index (χ0n) is 12.2. The average molecular weight is 310 g/mol. The van der Waals surface area contributed by atoms with Gasteiger partial charge in [0.1, 0.15) is 0 Å². The van der Waals surface area contributed by atoms with Crippen LogP contribution in [0.2, 0.25) is 0 Å². The number of hydrogen-bond donors (Lipinski definition) is 1. The number of aromatic amines is 1. The number of hydrogen-bond acceptors (Lipinski definition) is 3. The minimum Gasteiger partial charge on any atom is -0.331 e. The molecule has 0 radical (unpaired) electrons. The Morgan fingerprint density at radius 2 is 1.82 bits per heavy atom. The maximum Gasteiger partial charge on any atom is 0.269 e. The number of aryl methyl sites for hydroxylation is 2. The van der Waals surface area contributed by atoms with Gasteiger partial charge in [-0.2, -0.15) is 0 Å². The highest BCUT2D eigenvalue weighted by Gasteiger charge is 2.15. The van der Waals surface area contributed by atoms with Crippen molar-refractivity contribution < 1.29 is 4.79 Å². The third-order valence-electron chi connectivity index (χ3n) is 3.76. The van der Waals surface area contributed by atoms with Crippen molar-refractivity contribution in [1.29, 1.82) is 0 Å². The van der Waals surface area contributed by atoms with Gasteiger partial charge in [-0.05, 0) is 61.5 Å². The molecular formula is C17H14N2O2S. The highest BCUT2D eigenvalue weighted by Crippen LogP contribution is 2.12. The third-order valence-corrected chi connectivity index (χ3v) is 4.05. The predicted octanol–water partition coefficient (Wildman–Crippen LogP) is 3.36. The molecule has 0 bridgehead atoms. The number of carbonyl (C=O) groups is 1. The van der Waals surface area contributed by atoms with Gasteiger partial charge < -0.3 is 4.98 Å². The average Bonchev–Trinajstić information content (AvgIpc) is 2.50. The van der Waals surface area contributed by atoms with Crippen LogP contribution in [-0.4, -0.2) is 15.5 Å². The molecule has 3 aromatic rings. The Hall–Kier alpha value is -2.53. The molecule has 5 heteroatoms. The number of nitrogens with zero attached hydrogens (tertiary/aromatic N) is 1. The molecule has 0 atom stereocenters. The smallest absolute Gasteiger partial charge is 0.269 e. The molecule has 0 aliphatic carbocycles. The minimum atomic E-state index is -0.417. The van der Waals surface area contributed by atoms with E-state index in [0.29, 0.717) is 16.5 Å². The first kappa shape index (κ1) is 14.4. The lowest BCUT2D eigenvalue weighted by Gasteiger charge is -2.08. The summed E-state index contributed by atoms with van der Waals surface area (Å²) in [6.45, 7) is 3.90. The lowest BCUT2D eigenvalue weighted by molar-refractivity contribution is 0.0953. The highest BCUT2D eigenvalue weighted by atomic mass is 32.1. The first-order valence-electron chi connectivity index (χ1n) is 6.85. The van der Waals surface area contributed by atoms with Gasteiger partial charge in [0.25, 0.3) is 11.5 Å². The molecule has 0 fully saturated rings. The van der Waals surface area contributed by atoms with E-state index in [0.717, 1.165) is 15.7 Å². The molecular weight excluding hydrogens is 296 g/mol. The highest BCUT2D eigenvalue weighted by molar-refractivity contribution is 7.71. The number of nitrogens with one attached hydrogen (secondary N) is 1. The van der Waals surface area contributed by atoms with Gasteiger partial charge in [0.15, 0.2) is 4.77 Å². The zero-order valence-corrected chi connectivity index (χ0v) is 13.0. The molecule has 0 unspecified atom stereocenters. The van der Waals surface area contributed by atoms with Crippen molar-refractivity contribution in [2.45, 2.75) is 13.8 Å². The van der Waals surface area contributed by atoms with Crippen molar-refractivity contribution in [1.82, 2.24) is 9.55 Å². The van der Waals surface area contributed by atoms with Crippen LogP contribution < -0.4 is 5.56 Å². The fourth-order valence-corrected chi connectivity index (χ4v) is 2.63. The van der Waals surface area contributed by atoms with Crippen LogP contribution in [0.4, 0.5) is 0 Å². The Morgan fingerprint density at radius 3 is 2.55 bits per heavy atom. The van der Waals surface area contributed by atoms with Crippen molar-refractivity contribution in [2.24, 2.45) is 0 Å². The Balaban J connectivity index is 2.25. The molecule has 0 amide bonds. The number of carbonyl (C=O) groups excluding carboxylic acids is 1. The molecule has 0 saturated heterocycles. The van der Waals surface area contributed by atoms with E-state index in [1.165, 1.54) is 0 Å². The van der Waals surface area contributed by atoms with E-state index in [1.54, 1.807) is 30.3 Å². The Bertz CT molecular complexity index is 1020. The lowest BCUT2D eigenvalue weighted by atomic mass is 10.1. The molecule has 0 spiro atoms. The topological polar surface area (TPSA) is 54.9 Å². The predicted molar refractivity (Wildman–Crippen MR) is 89.0 cm³/mol. The van der Waals surface area contributed by atoms with E-state index in [1.807, 2.05) is 26.0 Å². The summed E-state index contributed by atoms with van der Waals surface area (Å²) in [6.07, 6.45) is 0. The number of benzene rings is 2. The van der Waals surface area contributed by atoms with E-state index in [4.69, 9.17) is 12.2 Å². The number of aromatic nitrogens is 2. The van der Waals surface area contributed by atoms with Crippen LogP contribution in [0, 0.1) is 18.6 Å². The van der Waals surface area contributed by atoms with Crippen molar-refractivity contribution >= 4 is 29.0 Å². The van der Waals surface area contributed by atoms with Gasteiger partial charge in [0, 0.05) is 5.56 Å². The zero-order chi connectivity index (χ0) is 15.9. The van der Waals surface area contributed by atoms with Gasteiger partial charge in [0.05, 0.1) is 10.9 Å². The van der Waals surface area contributed by atoms with E-state index < -0.39 is 11.5 Å². The second-order valence-corrected chi connectivity index (χ2v) is 5.61. The van der Waals surface area contributed by atoms with Gasteiger partial charge in [0.2, 0.25) is 0 Å². The summed E-state index contributed by atoms with van der Waals surface area (Å²) in [5, 5.41) is 0.438. The minimum absolute atomic E-state index is 0.104. The first-order chi connectivity index (χ1) is 10.5. The molecule has 0 aliphatic rings. The number of fused-ring (bicyclic) bond motifs is 1. The molecule has 0 saturated carbocycles. The van der Waals surface area contributed by atoms with Crippen LogP contribution in [0.15, 0.2) is 47.3 Å². The van der Waals surface area contributed by atoms with Crippen molar-refractivity contribution in [3.63, 3.8) is 0 Å². The van der Waals surface area contributed by atoms with Gasteiger partial charge in [-0.3, -0.25) is 9.59 Å². The molecule has 1 N–H and O–H groups in total. The van der Waals surface area contributed by atoms with Gasteiger partial charge in [-0.1, -0.05) is 18.2 Å². The van der Waals surface area contributed by atoms with Gasteiger partial charge in [-0.15, -0.1) is 0 Å². The van der Waals surface area contributed by atoms with E-state index in [9.17, 15) is 9.59 Å². The van der Waals surface area contributed by atoms with Crippen LogP contribution in [0.1, 0.15) is 21.5 Å². The fraction of sp³-hybridized carbons (Fsp3) is 0.118. The van der Waals surface area contributed by atoms with Crippen LogP contribution in [0.25, 0.3) is 10.9 Å². The normalized spacial score (nSPS) is 10.8. The van der Waals surface area contributed by atoms with Crippen LogP contribution >= 0.6 is 12.2 Å². The molecule has 4 nitrogen and oxygen atoms in total. The standard InChI is InChI=1S/C17H14N2O2S/c1-10-7-8-12(9-11(10)2)15(20)19-16(21)13-5-3-4-6-14(13)18-17(19)22/h3-9H,1-2H3,(H,18,22). The summed E-state index contributed by atoms with van der Waals surface area (Å²) in [7, 11) is 0. The Kier molecular flexibility index (Phi) is 3.50. The van der Waals surface area contributed by atoms with Crippen molar-refractivity contribution in [2.75, 3.05) is 0 Å². The van der Waals surface area contributed by atoms with E-state index >= 15 is 0 Å². The Morgan fingerprint density at radius 1 is 1.09 bits per heavy atom. The summed E-state index contributed by atoms with van der Waals surface area (Å²) in [5.74, 6) is -0.417. The first-order valence-corrected chi connectivity index (χ1v) is 7.26. The van der Waals surface area contributed by atoms with Crippen molar-refractivity contribution in [3.8, 4) is 0 Å². The van der Waals surface area contributed by atoms with Crippen LogP contribution in [-0.2, 0) is 0 Å². The largest absolute Gasteiger partial charge is 0.331 e. The van der Waals surface area contributed by atoms with Gasteiger partial charge in [-0.25, -0.2) is 4.57 Å². The second-order valence-electron chi connectivity index (χ2n) is 5.22. The summed E-state index contributed by atoms with van der Waals surface area (Å²) in [5.41, 5.74) is 2.76.